The average molecular weight is 296 g/mol. The summed E-state index contributed by atoms with van der Waals surface area (Å²) in [5, 5.41) is 13.1. The van der Waals surface area contributed by atoms with Gasteiger partial charge in [-0.2, -0.15) is 0 Å². The number of carbonyl (C=O) groups is 1. The Balaban J connectivity index is 1.77. The predicted molar refractivity (Wildman–Crippen MR) is 87.1 cm³/mol. The molecule has 3 rings (SSSR count). The van der Waals surface area contributed by atoms with Crippen LogP contribution in [0.1, 0.15) is 27.5 Å². The van der Waals surface area contributed by atoms with E-state index in [9.17, 15) is 9.90 Å². The fourth-order valence-corrected chi connectivity index (χ4v) is 2.88. The van der Waals surface area contributed by atoms with E-state index < -0.39 is 6.10 Å². The van der Waals surface area contributed by atoms with E-state index in [2.05, 4.69) is 5.32 Å². The summed E-state index contributed by atoms with van der Waals surface area (Å²) in [6, 6.07) is 14.9. The van der Waals surface area contributed by atoms with Gasteiger partial charge in [-0.25, -0.2) is 0 Å². The molecule has 0 aliphatic heterocycles. The largest absolute Gasteiger partial charge is 0.390 e. The summed E-state index contributed by atoms with van der Waals surface area (Å²) in [4.78, 5) is 14.4. The molecule has 0 saturated heterocycles. The van der Waals surface area contributed by atoms with Gasteiger partial charge in [0.2, 0.25) is 0 Å². The third-order valence-electron chi connectivity index (χ3n) is 4.14. The zero-order chi connectivity index (χ0) is 15.7. The fraction of sp³-hybridized carbons (Fsp3) is 0.278. The van der Waals surface area contributed by atoms with Gasteiger partial charge in [-0.05, 0) is 35.4 Å². The maximum absolute atomic E-state index is 12.4. The lowest BCUT2D eigenvalue weighted by Gasteiger charge is -2.18. The molecular formula is C18H20N2O2. The summed E-state index contributed by atoms with van der Waals surface area (Å²) >= 11 is 0. The lowest BCUT2D eigenvalue weighted by atomic mass is 10.1. The molecule has 1 aliphatic carbocycles. The molecule has 2 aromatic carbocycles. The highest BCUT2D eigenvalue weighted by molar-refractivity contribution is 5.95. The second-order valence-electron chi connectivity index (χ2n) is 5.86. The molecule has 2 N–H and O–H groups in total. The first-order valence-corrected chi connectivity index (χ1v) is 7.40. The van der Waals surface area contributed by atoms with Crippen molar-refractivity contribution in [3.63, 3.8) is 0 Å². The first-order valence-electron chi connectivity index (χ1n) is 7.40. The maximum Gasteiger partial charge on any atom is 0.251 e. The molecule has 114 valence electrons. The van der Waals surface area contributed by atoms with Crippen molar-refractivity contribution in [1.82, 2.24) is 5.32 Å². The van der Waals surface area contributed by atoms with Gasteiger partial charge in [0.1, 0.15) is 0 Å². The standard InChI is InChI=1S/C18H20N2O2/c1-20(2)14-9-7-12(8-10-14)18(22)19-17-15-6-4-3-5-13(15)11-16(17)21/h3-10,16-17,21H,11H2,1-2H3,(H,19,22)/t16-,17+/m1/s1. The molecule has 0 aromatic heterocycles. The molecule has 22 heavy (non-hydrogen) atoms. The van der Waals surface area contributed by atoms with Crippen molar-refractivity contribution >= 4 is 11.6 Å². The number of hydrogen-bond donors (Lipinski definition) is 2. The van der Waals surface area contributed by atoms with E-state index in [0.717, 1.165) is 16.8 Å². The SMILES string of the molecule is CN(C)c1ccc(C(=O)N[C@H]2c3ccccc3C[C@H]2O)cc1. The molecular weight excluding hydrogens is 276 g/mol. The summed E-state index contributed by atoms with van der Waals surface area (Å²) < 4.78 is 0. The zero-order valence-corrected chi connectivity index (χ0v) is 12.8. The Hall–Kier alpha value is -2.33. The number of benzene rings is 2. The van der Waals surface area contributed by atoms with E-state index in [4.69, 9.17) is 0 Å². The molecule has 0 radical (unpaired) electrons. The molecule has 2 atom stereocenters. The first-order chi connectivity index (χ1) is 10.6. The highest BCUT2D eigenvalue weighted by Gasteiger charge is 2.31. The van der Waals surface area contributed by atoms with Crippen LogP contribution in [-0.4, -0.2) is 31.2 Å². The highest BCUT2D eigenvalue weighted by Crippen LogP contribution is 2.31. The van der Waals surface area contributed by atoms with Gasteiger partial charge in [0.25, 0.3) is 5.91 Å². The van der Waals surface area contributed by atoms with Crippen molar-refractivity contribution in [2.45, 2.75) is 18.6 Å². The molecule has 4 heteroatoms. The van der Waals surface area contributed by atoms with E-state index in [1.165, 1.54) is 0 Å². The van der Waals surface area contributed by atoms with Crippen LogP contribution in [0.3, 0.4) is 0 Å². The Labute approximate surface area is 130 Å². The van der Waals surface area contributed by atoms with Gasteiger partial charge in [0, 0.05) is 31.8 Å². The Morgan fingerprint density at radius 2 is 1.82 bits per heavy atom. The molecule has 2 aromatic rings. The number of aliphatic hydroxyl groups excluding tert-OH is 1. The molecule has 0 saturated carbocycles. The van der Waals surface area contributed by atoms with Crippen molar-refractivity contribution in [2.75, 3.05) is 19.0 Å². The molecule has 0 bridgehead atoms. The van der Waals surface area contributed by atoms with Gasteiger partial charge in [-0.3, -0.25) is 4.79 Å². The van der Waals surface area contributed by atoms with Crippen LogP contribution in [0.4, 0.5) is 5.69 Å². The minimum Gasteiger partial charge on any atom is -0.390 e. The minimum atomic E-state index is -0.567. The molecule has 0 fully saturated rings. The Morgan fingerprint density at radius 1 is 1.14 bits per heavy atom. The van der Waals surface area contributed by atoms with Crippen LogP contribution < -0.4 is 10.2 Å². The third kappa shape index (κ3) is 2.70. The Morgan fingerprint density at radius 3 is 2.50 bits per heavy atom. The van der Waals surface area contributed by atoms with Gasteiger partial charge in [0.05, 0.1) is 12.1 Å². The number of carbonyl (C=O) groups excluding carboxylic acids is 1. The van der Waals surface area contributed by atoms with E-state index in [1.807, 2.05) is 55.4 Å². The number of amides is 1. The fourth-order valence-electron chi connectivity index (χ4n) is 2.88. The van der Waals surface area contributed by atoms with Crippen LogP contribution in [0.5, 0.6) is 0 Å². The van der Waals surface area contributed by atoms with Crippen molar-refractivity contribution in [3.05, 3.63) is 65.2 Å². The van der Waals surface area contributed by atoms with Gasteiger partial charge in [0.15, 0.2) is 0 Å². The molecule has 1 aliphatic rings. The number of aliphatic hydroxyl groups is 1. The maximum atomic E-state index is 12.4. The molecule has 0 unspecified atom stereocenters. The van der Waals surface area contributed by atoms with E-state index >= 15 is 0 Å². The number of anilines is 1. The average Bonchev–Trinajstić information content (AvgIpc) is 2.83. The number of nitrogens with one attached hydrogen (secondary N) is 1. The lowest BCUT2D eigenvalue weighted by Crippen LogP contribution is -2.33. The molecule has 4 nitrogen and oxygen atoms in total. The Kier molecular flexibility index (Phi) is 3.86. The van der Waals surface area contributed by atoms with Crippen LogP contribution >= 0.6 is 0 Å². The number of fused-ring (bicyclic) bond motifs is 1. The molecule has 0 spiro atoms. The van der Waals surface area contributed by atoms with E-state index in [0.29, 0.717) is 12.0 Å². The second-order valence-corrected chi connectivity index (χ2v) is 5.86. The quantitative estimate of drug-likeness (QED) is 0.912. The summed E-state index contributed by atoms with van der Waals surface area (Å²) in [6.45, 7) is 0. The topological polar surface area (TPSA) is 52.6 Å². The first kappa shape index (κ1) is 14.6. The van der Waals surface area contributed by atoms with Gasteiger partial charge in [-0.15, -0.1) is 0 Å². The van der Waals surface area contributed by atoms with Crippen molar-refractivity contribution < 1.29 is 9.90 Å². The van der Waals surface area contributed by atoms with Crippen LogP contribution in [-0.2, 0) is 6.42 Å². The zero-order valence-electron chi connectivity index (χ0n) is 12.8. The number of nitrogens with zero attached hydrogens (tertiary/aromatic N) is 1. The summed E-state index contributed by atoms with van der Waals surface area (Å²) in [5.41, 5.74) is 3.75. The van der Waals surface area contributed by atoms with Gasteiger partial charge >= 0.3 is 0 Å². The van der Waals surface area contributed by atoms with Crippen LogP contribution in [0, 0.1) is 0 Å². The summed E-state index contributed by atoms with van der Waals surface area (Å²) in [5.74, 6) is -0.161. The van der Waals surface area contributed by atoms with Gasteiger partial charge < -0.3 is 15.3 Å². The van der Waals surface area contributed by atoms with Gasteiger partial charge in [-0.1, -0.05) is 24.3 Å². The molecule has 1 amide bonds. The number of rotatable bonds is 3. The van der Waals surface area contributed by atoms with Crippen molar-refractivity contribution in [3.8, 4) is 0 Å². The van der Waals surface area contributed by atoms with Crippen LogP contribution in [0.25, 0.3) is 0 Å². The van der Waals surface area contributed by atoms with Crippen molar-refractivity contribution in [2.24, 2.45) is 0 Å². The lowest BCUT2D eigenvalue weighted by molar-refractivity contribution is 0.0858. The highest BCUT2D eigenvalue weighted by atomic mass is 16.3. The number of hydrogen-bond acceptors (Lipinski definition) is 3. The molecule has 0 heterocycles. The van der Waals surface area contributed by atoms with E-state index in [1.54, 1.807) is 12.1 Å². The monoisotopic (exact) mass is 296 g/mol. The normalized spacial score (nSPS) is 19.6. The Bertz CT molecular complexity index is 680. The van der Waals surface area contributed by atoms with E-state index in [-0.39, 0.29) is 11.9 Å². The summed E-state index contributed by atoms with van der Waals surface area (Å²) in [6.07, 6.45) is 0.0168. The smallest absolute Gasteiger partial charge is 0.251 e. The minimum absolute atomic E-state index is 0.161. The third-order valence-corrected chi connectivity index (χ3v) is 4.14. The van der Waals surface area contributed by atoms with Crippen LogP contribution in [0.15, 0.2) is 48.5 Å². The second kappa shape index (κ2) is 5.81. The summed E-state index contributed by atoms with van der Waals surface area (Å²) in [7, 11) is 3.92. The van der Waals surface area contributed by atoms with Crippen molar-refractivity contribution in [1.29, 1.82) is 0 Å². The predicted octanol–water partition coefficient (Wildman–Crippen LogP) is 2.14. The van der Waals surface area contributed by atoms with Crippen LogP contribution in [0.2, 0.25) is 0 Å².